The van der Waals surface area contributed by atoms with Gasteiger partial charge < -0.3 is 9.47 Å². The first-order valence-corrected chi connectivity index (χ1v) is 10.8. The van der Waals surface area contributed by atoms with Crippen molar-refractivity contribution >= 4 is 17.4 Å². The van der Waals surface area contributed by atoms with Crippen LogP contribution >= 0.6 is 11.6 Å². The minimum atomic E-state index is -0.876. The van der Waals surface area contributed by atoms with Gasteiger partial charge in [0.1, 0.15) is 11.4 Å². The highest BCUT2D eigenvalue weighted by Crippen LogP contribution is 2.30. The van der Waals surface area contributed by atoms with E-state index in [1.807, 2.05) is 59.3 Å². The minimum absolute atomic E-state index is 0.0340. The number of Topliss-reactive ketones (excluding diaryl/α,β-unsaturated/α-hetero) is 1. The number of carbonyl (C=O) groups is 1. The lowest BCUT2D eigenvalue weighted by atomic mass is 10.1. The predicted octanol–water partition coefficient (Wildman–Crippen LogP) is 6.11. The van der Waals surface area contributed by atoms with Crippen molar-refractivity contribution in [3.8, 4) is 22.7 Å². The van der Waals surface area contributed by atoms with Gasteiger partial charge >= 0.3 is 0 Å². The second kappa shape index (κ2) is 9.67. The van der Waals surface area contributed by atoms with Crippen LogP contribution < -0.4 is 4.74 Å². The molecule has 5 nitrogen and oxygen atoms in total. The lowest BCUT2D eigenvalue weighted by Gasteiger charge is -2.21. The number of ether oxygens (including phenoxy) is 2. The molecule has 0 saturated carbocycles. The maximum Gasteiger partial charge on any atom is 0.161 e. The summed E-state index contributed by atoms with van der Waals surface area (Å²) in [7, 11) is 0. The molecule has 0 saturated heterocycles. The Labute approximate surface area is 188 Å². The molecule has 1 aromatic heterocycles. The number of aromatic nitrogens is 2. The molecule has 0 unspecified atom stereocenters. The van der Waals surface area contributed by atoms with Crippen LogP contribution in [0.3, 0.4) is 0 Å². The largest absolute Gasteiger partial charge is 0.493 e. The van der Waals surface area contributed by atoms with Crippen molar-refractivity contribution in [2.24, 2.45) is 5.92 Å². The number of halogens is 1. The van der Waals surface area contributed by atoms with E-state index in [0.717, 1.165) is 22.7 Å². The standard InChI is InChI=1S/C25H29ClN2O3/c1-17(2)15-30-21-10-8-9-19(13-21)24-14-20(16-31-25(4,5)18(3)29)27-28(24)23-12-7-6-11-22(23)26/h6-14,17H,15-16H2,1-5H3. The molecule has 0 N–H and O–H groups in total. The third kappa shape index (κ3) is 5.75. The summed E-state index contributed by atoms with van der Waals surface area (Å²) in [6, 6.07) is 17.4. The highest BCUT2D eigenvalue weighted by molar-refractivity contribution is 6.32. The summed E-state index contributed by atoms with van der Waals surface area (Å²) in [5.41, 5.74) is 2.41. The maximum absolute atomic E-state index is 11.8. The fraction of sp³-hybridized carbons (Fsp3) is 0.360. The number of rotatable bonds is 9. The summed E-state index contributed by atoms with van der Waals surface area (Å²) >= 11 is 6.47. The van der Waals surface area contributed by atoms with Crippen molar-refractivity contribution in [2.75, 3.05) is 6.61 Å². The Morgan fingerprint density at radius 1 is 1.13 bits per heavy atom. The van der Waals surface area contributed by atoms with Gasteiger partial charge in [0, 0.05) is 5.56 Å². The Morgan fingerprint density at radius 2 is 1.87 bits per heavy atom. The molecule has 3 rings (SSSR count). The second-order valence-corrected chi connectivity index (χ2v) is 8.88. The molecule has 3 aromatic rings. The third-order valence-corrected chi connectivity index (χ3v) is 5.30. The minimum Gasteiger partial charge on any atom is -0.493 e. The van der Waals surface area contributed by atoms with Crippen molar-refractivity contribution in [2.45, 2.75) is 46.8 Å². The van der Waals surface area contributed by atoms with Gasteiger partial charge in [-0.1, -0.05) is 49.7 Å². The van der Waals surface area contributed by atoms with Gasteiger partial charge in [0.15, 0.2) is 5.78 Å². The van der Waals surface area contributed by atoms with Crippen LogP contribution in [0.2, 0.25) is 5.02 Å². The van der Waals surface area contributed by atoms with E-state index >= 15 is 0 Å². The smallest absolute Gasteiger partial charge is 0.161 e. The van der Waals surface area contributed by atoms with Crippen LogP contribution in [0.4, 0.5) is 0 Å². The van der Waals surface area contributed by atoms with E-state index in [2.05, 4.69) is 13.8 Å². The van der Waals surface area contributed by atoms with E-state index in [-0.39, 0.29) is 12.4 Å². The molecule has 0 aliphatic carbocycles. The fourth-order valence-corrected chi connectivity index (χ4v) is 3.09. The SMILES string of the molecule is CC(=O)C(C)(C)OCc1cc(-c2cccc(OCC(C)C)c2)n(-c2ccccc2Cl)n1. The Bertz CT molecular complexity index is 1060. The number of carbonyl (C=O) groups excluding carboxylic acids is 1. The van der Waals surface area contributed by atoms with Crippen LogP contribution in [0.15, 0.2) is 54.6 Å². The second-order valence-electron chi connectivity index (χ2n) is 8.47. The molecule has 0 radical (unpaired) electrons. The third-order valence-electron chi connectivity index (χ3n) is 4.98. The molecule has 0 aliphatic rings. The van der Waals surface area contributed by atoms with E-state index in [9.17, 15) is 4.79 Å². The molecule has 6 heteroatoms. The summed E-state index contributed by atoms with van der Waals surface area (Å²) in [6.07, 6.45) is 0. The molecular weight excluding hydrogens is 412 g/mol. The number of benzene rings is 2. The number of ketones is 1. The average molecular weight is 441 g/mol. The van der Waals surface area contributed by atoms with E-state index in [0.29, 0.717) is 23.2 Å². The molecule has 0 bridgehead atoms. The summed E-state index contributed by atoms with van der Waals surface area (Å²) in [5, 5.41) is 5.33. The molecule has 164 valence electrons. The summed E-state index contributed by atoms with van der Waals surface area (Å²) in [5.74, 6) is 1.20. The van der Waals surface area contributed by atoms with E-state index in [1.165, 1.54) is 6.92 Å². The number of para-hydroxylation sites is 1. The molecular formula is C25H29ClN2O3. The number of hydrogen-bond donors (Lipinski definition) is 0. The summed E-state index contributed by atoms with van der Waals surface area (Å²) < 4.78 is 13.6. The Kier molecular flexibility index (Phi) is 7.19. The molecule has 0 atom stereocenters. The van der Waals surface area contributed by atoms with Gasteiger partial charge in [-0.3, -0.25) is 4.79 Å². The predicted molar refractivity (Wildman–Crippen MR) is 124 cm³/mol. The molecule has 0 spiro atoms. The maximum atomic E-state index is 11.8. The Morgan fingerprint density at radius 3 is 2.55 bits per heavy atom. The lowest BCUT2D eigenvalue weighted by molar-refractivity contribution is -0.139. The van der Waals surface area contributed by atoms with Crippen LogP contribution in [0, 0.1) is 5.92 Å². The highest BCUT2D eigenvalue weighted by atomic mass is 35.5. The first kappa shape index (κ1) is 23.0. The van der Waals surface area contributed by atoms with E-state index in [4.69, 9.17) is 26.2 Å². The van der Waals surface area contributed by atoms with Gasteiger partial charge in [-0.05, 0) is 57.0 Å². The van der Waals surface area contributed by atoms with Gasteiger partial charge in [0.05, 0.1) is 35.3 Å². The first-order chi connectivity index (χ1) is 14.7. The van der Waals surface area contributed by atoms with Gasteiger partial charge in [0.2, 0.25) is 0 Å². The van der Waals surface area contributed by atoms with Gasteiger partial charge in [0.25, 0.3) is 0 Å². The van der Waals surface area contributed by atoms with Crippen LogP contribution in [0.5, 0.6) is 5.75 Å². The van der Waals surface area contributed by atoms with Crippen molar-refractivity contribution in [1.82, 2.24) is 9.78 Å². The fourth-order valence-electron chi connectivity index (χ4n) is 2.88. The van der Waals surface area contributed by atoms with Gasteiger partial charge in [-0.25, -0.2) is 4.68 Å². The zero-order valence-electron chi connectivity index (χ0n) is 18.7. The van der Waals surface area contributed by atoms with E-state index in [1.54, 1.807) is 13.8 Å². The molecule has 0 aliphatic heterocycles. The number of hydrogen-bond acceptors (Lipinski definition) is 4. The molecule has 2 aromatic carbocycles. The molecule has 0 fully saturated rings. The normalized spacial score (nSPS) is 11.7. The zero-order valence-corrected chi connectivity index (χ0v) is 19.4. The lowest BCUT2D eigenvalue weighted by Crippen LogP contribution is -2.32. The van der Waals surface area contributed by atoms with Crippen LogP contribution in [-0.2, 0) is 16.1 Å². The topological polar surface area (TPSA) is 53.4 Å². The van der Waals surface area contributed by atoms with Crippen molar-refractivity contribution < 1.29 is 14.3 Å². The van der Waals surface area contributed by atoms with Crippen molar-refractivity contribution in [1.29, 1.82) is 0 Å². The van der Waals surface area contributed by atoms with Crippen molar-refractivity contribution in [3.05, 3.63) is 65.3 Å². The molecule has 1 heterocycles. The average Bonchev–Trinajstić information content (AvgIpc) is 3.15. The molecule has 31 heavy (non-hydrogen) atoms. The number of nitrogens with zero attached hydrogens (tertiary/aromatic N) is 2. The monoisotopic (exact) mass is 440 g/mol. The van der Waals surface area contributed by atoms with E-state index < -0.39 is 5.60 Å². The van der Waals surface area contributed by atoms with Gasteiger partial charge in [-0.2, -0.15) is 5.10 Å². The Hall–Kier alpha value is -2.63. The molecule has 0 amide bonds. The highest BCUT2D eigenvalue weighted by Gasteiger charge is 2.25. The van der Waals surface area contributed by atoms with Crippen LogP contribution in [0.25, 0.3) is 16.9 Å². The van der Waals surface area contributed by atoms with Crippen LogP contribution in [0.1, 0.15) is 40.3 Å². The summed E-state index contributed by atoms with van der Waals surface area (Å²) in [6.45, 7) is 10.1. The van der Waals surface area contributed by atoms with Crippen LogP contribution in [-0.4, -0.2) is 27.8 Å². The summed E-state index contributed by atoms with van der Waals surface area (Å²) in [4.78, 5) is 11.8. The quantitative estimate of drug-likeness (QED) is 0.402. The van der Waals surface area contributed by atoms with Gasteiger partial charge in [-0.15, -0.1) is 0 Å². The first-order valence-electron chi connectivity index (χ1n) is 10.4. The Balaban J connectivity index is 2.00. The van der Waals surface area contributed by atoms with Crippen molar-refractivity contribution in [3.63, 3.8) is 0 Å². The zero-order chi connectivity index (χ0) is 22.6.